The highest BCUT2D eigenvalue weighted by Crippen LogP contribution is 2.23. The SMILES string of the molecule is CCCNC1CCN(C2CCS(=O)CC2)CC1C. The minimum atomic E-state index is -0.524. The van der Waals surface area contributed by atoms with Crippen molar-refractivity contribution in [2.24, 2.45) is 5.92 Å². The Hall–Kier alpha value is 0.0700. The Kier molecular flexibility index (Phi) is 5.64. The highest BCUT2D eigenvalue weighted by Gasteiger charge is 2.31. The summed E-state index contributed by atoms with van der Waals surface area (Å²) < 4.78 is 11.4. The van der Waals surface area contributed by atoms with Crippen LogP contribution in [0.2, 0.25) is 0 Å². The molecule has 4 heteroatoms. The van der Waals surface area contributed by atoms with Gasteiger partial charge in [0.2, 0.25) is 0 Å². The molecule has 2 atom stereocenters. The van der Waals surface area contributed by atoms with Crippen LogP contribution in [-0.4, -0.2) is 52.3 Å². The van der Waals surface area contributed by atoms with E-state index in [9.17, 15) is 4.21 Å². The Morgan fingerprint density at radius 3 is 2.61 bits per heavy atom. The van der Waals surface area contributed by atoms with Gasteiger partial charge in [-0.25, -0.2) is 0 Å². The van der Waals surface area contributed by atoms with E-state index < -0.39 is 10.8 Å². The van der Waals surface area contributed by atoms with Gasteiger partial charge in [0.25, 0.3) is 0 Å². The highest BCUT2D eigenvalue weighted by atomic mass is 32.2. The van der Waals surface area contributed by atoms with Crippen molar-refractivity contribution in [1.82, 2.24) is 10.2 Å². The number of rotatable bonds is 4. The molecule has 2 rings (SSSR count). The van der Waals surface area contributed by atoms with E-state index in [2.05, 4.69) is 24.1 Å². The predicted molar refractivity (Wildman–Crippen MR) is 78.3 cm³/mol. The third kappa shape index (κ3) is 3.78. The second-order valence-electron chi connectivity index (χ2n) is 5.90. The Balaban J connectivity index is 1.78. The van der Waals surface area contributed by atoms with Crippen molar-refractivity contribution >= 4 is 10.8 Å². The number of nitrogens with one attached hydrogen (secondary N) is 1. The molecule has 2 fully saturated rings. The molecule has 2 aliphatic heterocycles. The first-order chi connectivity index (χ1) is 8.70. The van der Waals surface area contributed by atoms with Gasteiger partial charge in [0.05, 0.1) is 0 Å². The molecule has 0 aliphatic carbocycles. The molecule has 2 heterocycles. The first kappa shape index (κ1) is 14.5. The van der Waals surface area contributed by atoms with Crippen molar-refractivity contribution in [1.29, 1.82) is 0 Å². The monoisotopic (exact) mass is 272 g/mol. The van der Waals surface area contributed by atoms with Crippen molar-refractivity contribution < 1.29 is 4.21 Å². The first-order valence-electron chi connectivity index (χ1n) is 7.53. The summed E-state index contributed by atoms with van der Waals surface area (Å²) in [5.74, 6) is 2.60. The molecule has 2 aliphatic rings. The summed E-state index contributed by atoms with van der Waals surface area (Å²) in [5.41, 5.74) is 0. The Morgan fingerprint density at radius 2 is 2.00 bits per heavy atom. The lowest BCUT2D eigenvalue weighted by Gasteiger charge is -2.42. The zero-order chi connectivity index (χ0) is 13.0. The molecule has 0 radical (unpaired) electrons. The maximum atomic E-state index is 11.4. The fraction of sp³-hybridized carbons (Fsp3) is 1.00. The molecule has 2 unspecified atom stereocenters. The maximum Gasteiger partial charge on any atom is 0.0249 e. The van der Waals surface area contributed by atoms with Crippen molar-refractivity contribution in [3.05, 3.63) is 0 Å². The average Bonchev–Trinajstić information content (AvgIpc) is 2.38. The molecule has 2 saturated heterocycles. The van der Waals surface area contributed by atoms with Crippen LogP contribution in [-0.2, 0) is 10.8 Å². The predicted octanol–water partition coefficient (Wildman–Crippen LogP) is 1.61. The molecular formula is C14H28N2OS. The summed E-state index contributed by atoms with van der Waals surface area (Å²) in [5, 5.41) is 3.68. The van der Waals surface area contributed by atoms with Gasteiger partial charge in [-0.3, -0.25) is 9.11 Å². The molecule has 18 heavy (non-hydrogen) atoms. The zero-order valence-electron chi connectivity index (χ0n) is 11.9. The smallest absolute Gasteiger partial charge is 0.0249 e. The lowest BCUT2D eigenvalue weighted by molar-refractivity contribution is 0.0984. The largest absolute Gasteiger partial charge is 0.314 e. The second-order valence-corrected chi connectivity index (χ2v) is 7.60. The van der Waals surface area contributed by atoms with Gasteiger partial charge in [-0.05, 0) is 44.7 Å². The molecule has 0 spiro atoms. The molecule has 0 aromatic rings. The number of piperidine rings is 1. The van der Waals surface area contributed by atoms with Crippen LogP contribution in [0.3, 0.4) is 0 Å². The third-order valence-corrected chi connectivity index (χ3v) is 5.85. The van der Waals surface area contributed by atoms with Crippen LogP contribution in [0.15, 0.2) is 0 Å². The summed E-state index contributed by atoms with van der Waals surface area (Å²) in [6.45, 7) is 8.20. The van der Waals surface area contributed by atoms with Crippen molar-refractivity contribution in [2.75, 3.05) is 31.1 Å². The van der Waals surface area contributed by atoms with Gasteiger partial charge >= 0.3 is 0 Å². The number of nitrogens with zero attached hydrogens (tertiary/aromatic N) is 1. The summed E-state index contributed by atoms with van der Waals surface area (Å²) in [6, 6.07) is 1.41. The van der Waals surface area contributed by atoms with Crippen LogP contribution >= 0.6 is 0 Å². The topological polar surface area (TPSA) is 32.3 Å². The van der Waals surface area contributed by atoms with Gasteiger partial charge in [-0.1, -0.05) is 13.8 Å². The number of hydrogen-bond acceptors (Lipinski definition) is 3. The first-order valence-corrected chi connectivity index (χ1v) is 9.02. The lowest BCUT2D eigenvalue weighted by atomic mass is 9.92. The van der Waals surface area contributed by atoms with E-state index >= 15 is 0 Å². The van der Waals surface area contributed by atoms with Crippen LogP contribution in [0.5, 0.6) is 0 Å². The summed E-state index contributed by atoms with van der Waals surface area (Å²) >= 11 is 0. The lowest BCUT2D eigenvalue weighted by Crippen LogP contribution is -2.52. The summed E-state index contributed by atoms with van der Waals surface area (Å²) in [7, 11) is -0.524. The quantitative estimate of drug-likeness (QED) is 0.844. The van der Waals surface area contributed by atoms with E-state index in [1.807, 2.05) is 0 Å². The van der Waals surface area contributed by atoms with E-state index in [0.29, 0.717) is 12.1 Å². The summed E-state index contributed by atoms with van der Waals surface area (Å²) in [4.78, 5) is 2.66. The molecule has 3 nitrogen and oxygen atoms in total. The maximum absolute atomic E-state index is 11.4. The molecule has 0 aromatic carbocycles. The Bertz CT molecular complexity index is 275. The Morgan fingerprint density at radius 1 is 1.28 bits per heavy atom. The molecule has 0 aromatic heterocycles. The molecule has 0 saturated carbocycles. The van der Waals surface area contributed by atoms with E-state index in [1.54, 1.807) is 0 Å². The standard InChI is InChI=1S/C14H28N2OS/c1-3-7-15-14-4-8-16(11-12(14)2)13-5-9-18(17)10-6-13/h12-15H,3-11H2,1-2H3. The average molecular weight is 272 g/mol. The fourth-order valence-electron chi connectivity index (χ4n) is 3.29. The van der Waals surface area contributed by atoms with Gasteiger partial charge in [0, 0.05) is 40.9 Å². The van der Waals surface area contributed by atoms with Gasteiger partial charge < -0.3 is 5.32 Å². The van der Waals surface area contributed by atoms with Gasteiger partial charge in [0.15, 0.2) is 0 Å². The van der Waals surface area contributed by atoms with E-state index in [0.717, 1.165) is 36.8 Å². The minimum Gasteiger partial charge on any atom is -0.314 e. The van der Waals surface area contributed by atoms with Crippen molar-refractivity contribution in [3.8, 4) is 0 Å². The van der Waals surface area contributed by atoms with Gasteiger partial charge in [0.1, 0.15) is 0 Å². The van der Waals surface area contributed by atoms with Crippen LogP contribution in [0.4, 0.5) is 0 Å². The third-order valence-electron chi connectivity index (χ3n) is 4.47. The molecule has 1 N–H and O–H groups in total. The van der Waals surface area contributed by atoms with Crippen LogP contribution < -0.4 is 5.32 Å². The minimum absolute atomic E-state index is 0.524. The molecule has 0 bridgehead atoms. The second kappa shape index (κ2) is 7.01. The molecule has 0 amide bonds. The van der Waals surface area contributed by atoms with Gasteiger partial charge in [-0.15, -0.1) is 0 Å². The number of hydrogen-bond donors (Lipinski definition) is 1. The molecule has 106 valence electrons. The van der Waals surface area contributed by atoms with Crippen molar-refractivity contribution in [2.45, 2.75) is 51.6 Å². The van der Waals surface area contributed by atoms with Gasteiger partial charge in [-0.2, -0.15) is 0 Å². The van der Waals surface area contributed by atoms with Crippen molar-refractivity contribution in [3.63, 3.8) is 0 Å². The van der Waals surface area contributed by atoms with Crippen LogP contribution in [0.1, 0.15) is 39.5 Å². The van der Waals surface area contributed by atoms with E-state index in [4.69, 9.17) is 0 Å². The zero-order valence-corrected chi connectivity index (χ0v) is 12.7. The highest BCUT2D eigenvalue weighted by molar-refractivity contribution is 7.85. The Labute approximate surface area is 114 Å². The summed E-state index contributed by atoms with van der Waals surface area (Å²) in [6.07, 6.45) is 4.79. The van der Waals surface area contributed by atoms with Crippen LogP contribution in [0.25, 0.3) is 0 Å². The van der Waals surface area contributed by atoms with Crippen LogP contribution in [0, 0.1) is 5.92 Å². The van der Waals surface area contributed by atoms with E-state index in [-0.39, 0.29) is 0 Å². The van der Waals surface area contributed by atoms with E-state index in [1.165, 1.54) is 25.9 Å². The normalized spacial score (nSPS) is 38.8. The molecular weight excluding hydrogens is 244 g/mol. The fourth-order valence-corrected chi connectivity index (χ4v) is 4.56. The number of likely N-dealkylation sites (tertiary alicyclic amines) is 1.